The van der Waals surface area contributed by atoms with Gasteiger partial charge in [-0.2, -0.15) is 5.10 Å². The van der Waals surface area contributed by atoms with Crippen molar-refractivity contribution in [2.24, 2.45) is 0 Å². The van der Waals surface area contributed by atoms with E-state index >= 15 is 0 Å². The molecule has 0 atom stereocenters. The lowest BCUT2D eigenvalue weighted by molar-refractivity contribution is 0.0683. The molecular weight excluding hydrogens is 340 g/mol. The third kappa shape index (κ3) is 3.25. The van der Waals surface area contributed by atoms with Crippen molar-refractivity contribution in [3.05, 3.63) is 63.6 Å². The molecule has 5 nitrogen and oxygen atoms in total. The minimum Gasteiger partial charge on any atom is -0.338 e. The first-order chi connectivity index (χ1) is 12.5. The number of carbonyl (C=O) groups is 1. The van der Waals surface area contributed by atoms with Crippen LogP contribution in [0.5, 0.6) is 0 Å². The van der Waals surface area contributed by atoms with E-state index in [2.05, 4.69) is 5.10 Å². The molecule has 1 amide bonds. The standard InChI is InChI=1S/C19H19F2N3O2/c20-13-3-4-15(16(21)11-13)19(26)23-9-7-14(8-10-23)24-18(25)6-5-17(22-24)12-1-2-12/h3-6,11-12,14H,1-2,7-10H2. The highest BCUT2D eigenvalue weighted by Gasteiger charge is 2.29. The Bertz CT molecular complexity index is 900. The van der Waals surface area contributed by atoms with Crippen LogP contribution >= 0.6 is 0 Å². The number of rotatable bonds is 3. The van der Waals surface area contributed by atoms with Crippen LogP contribution in [-0.2, 0) is 0 Å². The van der Waals surface area contributed by atoms with Crippen LogP contribution in [0.25, 0.3) is 0 Å². The molecule has 26 heavy (non-hydrogen) atoms. The lowest BCUT2D eigenvalue weighted by Crippen LogP contribution is -2.41. The van der Waals surface area contributed by atoms with Gasteiger partial charge in [0.2, 0.25) is 0 Å². The molecule has 4 rings (SSSR count). The van der Waals surface area contributed by atoms with Gasteiger partial charge in [0.05, 0.1) is 17.3 Å². The summed E-state index contributed by atoms with van der Waals surface area (Å²) in [7, 11) is 0. The molecule has 0 bridgehead atoms. The predicted octanol–water partition coefficient (Wildman–Crippen LogP) is 2.88. The van der Waals surface area contributed by atoms with Gasteiger partial charge in [-0.25, -0.2) is 13.5 Å². The van der Waals surface area contributed by atoms with Gasteiger partial charge in [0, 0.05) is 31.1 Å². The average Bonchev–Trinajstić information content (AvgIpc) is 3.47. The van der Waals surface area contributed by atoms with Gasteiger partial charge in [0.1, 0.15) is 11.6 Å². The molecule has 1 saturated heterocycles. The van der Waals surface area contributed by atoms with Crippen molar-refractivity contribution in [2.75, 3.05) is 13.1 Å². The van der Waals surface area contributed by atoms with E-state index < -0.39 is 17.5 Å². The fourth-order valence-electron chi connectivity index (χ4n) is 3.45. The zero-order valence-corrected chi connectivity index (χ0v) is 14.2. The molecule has 0 N–H and O–H groups in total. The van der Waals surface area contributed by atoms with E-state index in [-0.39, 0.29) is 17.2 Å². The van der Waals surface area contributed by atoms with Crippen molar-refractivity contribution in [1.29, 1.82) is 0 Å². The first kappa shape index (κ1) is 16.9. The Hall–Kier alpha value is -2.57. The Labute approximate surface area is 149 Å². The molecule has 1 aliphatic heterocycles. The van der Waals surface area contributed by atoms with Crippen LogP contribution in [-0.4, -0.2) is 33.7 Å². The number of hydrogen-bond acceptors (Lipinski definition) is 3. The van der Waals surface area contributed by atoms with Gasteiger partial charge < -0.3 is 4.90 Å². The van der Waals surface area contributed by atoms with Gasteiger partial charge in [0.25, 0.3) is 11.5 Å². The fourth-order valence-corrected chi connectivity index (χ4v) is 3.45. The zero-order chi connectivity index (χ0) is 18.3. The Morgan fingerprint density at radius 3 is 2.42 bits per heavy atom. The van der Waals surface area contributed by atoms with Gasteiger partial charge in [-0.3, -0.25) is 9.59 Å². The van der Waals surface area contributed by atoms with Crippen molar-refractivity contribution in [2.45, 2.75) is 37.6 Å². The van der Waals surface area contributed by atoms with Crippen LogP contribution < -0.4 is 5.56 Å². The number of piperidine rings is 1. The van der Waals surface area contributed by atoms with Crippen molar-refractivity contribution in [1.82, 2.24) is 14.7 Å². The quantitative estimate of drug-likeness (QED) is 0.847. The van der Waals surface area contributed by atoms with E-state index in [9.17, 15) is 18.4 Å². The highest BCUT2D eigenvalue weighted by Crippen LogP contribution is 2.38. The summed E-state index contributed by atoms with van der Waals surface area (Å²) in [6.07, 6.45) is 3.38. The smallest absolute Gasteiger partial charge is 0.267 e. The van der Waals surface area contributed by atoms with E-state index in [0.29, 0.717) is 37.9 Å². The lowest BCUT2D eigenvalue weighted by Gasteiger charge is -2.32. The van der Waals surface area contributed by atoms with Gasteiger partial charge >= 0.3 is 0 Å². The second-order valence-electron chi connectivity index (χ2n) is 6.96. The summed E-state index contributed by atoms with van der Waals surface area (Å²) in [5.41, 5.74) is 0.691. The maximum absolute atomic E-state index is 13.8. The second-order valence-corrected chi connectivity index (χ2v) is 6.96. The van der Waals surface area contributed by atoms with Crippen LogP contribution in [0, 0.1) is 11.6 Å². The van der Waals surface area contributed by atoms with E-state index in [0.717, 1.165) is 24.6 Å². The molecule has 0 spiro atoms. The highest BCUT2D eigenvalue weighted by molar-refractivity contribution is 5.94. The minimum atomic E-state index is -0.854. The summed E-state index contributed by atoms with van der Waals surface area (Å²) in [6, 6.07) is 6.26. The molecule has 2 aliphatic rings. The van der Waals surface area contributed by atoms with E-state index in [1.54, 1.807) is 17.0 Å². The van der Waals surface area contributed by atoms with E-state index in [1.807, 2.05) is 0 Å². The molecule has 2 aromatic rings. The van der Waals surface area contributed by atoms with Crippen LogP contribution in [0.1, 0.15) is 53.7 Å². The Morgan fingerprint density at radius 1 is 1.04 bits per heavy atom. The number of benzene rings is 1. The first-order valence-corrected chi connectivity index (χ1v) is 8.87. The predicted molar refractivity (Wildman–Crippen MR) is 91.0 cm³/mol. The summed E-state index contributed by atoms with van der Waals surface area (Å²) < 4.78 is 28.4. The van der Waals surface area contributed by atoms with E-state index in [4.69, 9.17) is 0 Å². The number of likely N-dealkylation sites (tertiary alicyclic amines) is 1. The normalized spacial score (nSPS) is 18.2. The Kier molecular flexibility index (Phi) is 4.30. The first-order valence-electron chi connectivity index (χ1n) is 8.87. The van der Waals surface area contributed by atoms with Crippen molar-refractivity contribution in [3.8, 4) is 0 Å². The topological polar surface area (TPSA) is 55.2 Å². The van der Waals surface area contributed by atoms with Gasteiger partial charge in [-0.1, -0.05) is 0 Å². The van der Waals surface area contributed by atoms with Crippen LogP contribution in [0.15, 0.2) is 35.1 Å². The second kappa shape index (κ2) is 6.63. The van der Waals surface area contributed by atoms with Crippen LogP contribution in [0.4, 0.5) is 8.78 Å². The lowest BCUT2D eigenvalue weighted by atomic mass is 10.0. The molecule has 136 valence electrons. The Morgan fingerprint density at radius 2 is 1.77 bits per heavy atom. The van der Waals surface area contributed by atoms with Crippen LogP contribution in [0.3, 0.4) is 0 Å². The summed E-state index contributed by atoms with van der Waals surface area (Å²) in [6.45, 7) is 0.810. The van der Waals surface area contributed by atoms with E-state index in [1.165, 1.54) is 10.7 Å². The molecule has 0 unspecified atom stereocenters. The van der Waals surface area contributed by atoms with Crippen molar-refractivity contribution >= 4 is 5.91 Å². The van der Waals surface area contributed by atoms with Gasteiger partial charge in [-0.15, -0.1) is 0 Å². The number of amides is 1. The molecule has 1 saturated carbocycles. The number of hydrogen-bond donors (Lipinski definition) is 0. The molecule has 1 aliphatic carbocycles. The molecule has 1 aromatic carbocycles. The Balaban J connectivity index is 1.46. The third-order valence-electron chi connectivity index (χ3n) is 5.10. The van der Waals surface area contributed by atoms with Crippen molar-refractivity contribution < 1.29 is 13.6 Å². The fraction of sp³-hybridized carbons (Fsp3) is 0.421. The molecule has 1 aromatic heterocycles. The largest absolute Gasteiger partial charge is 0.338 e. The van der Waals surface area contributed by atoms with Crippen molar-refractivity contribution in [3.63, 3.8) is 0 Å². The number of carbonyl (C=O) groups excluding carboxylic acids is 1. The molecule has 0 radical (unpaired) electrons. The van der Waals surface area contributed by atoms with Gasteiger partial charge in [0.15, 0.2) is 0 Å². The summed E-state index contributed by atoms with van der Waals surface area (Å²) in [4.78, 5) is 26.2. The maximum atomic E-state index is 13.8. The van der Waals surface area contributed by atoms with Gasteiger partial charge in [-0.05, 0) is 43.9 Å². The molecule has 2 heterocycles. The number of aromatic nitrogens is 2. The summed E-state index contributed by atoms with van der Waals surface area (Å²) in [5.74, 6) is -1.55. The average molecular weight is 359 g/mol. The summed E-state index contributed by atoms with van der Waals surface area (Å²) in [5, 5.41) is 4.51. The summed E-state index contributed by atoms with van der Waals surface area (Å²) >= 11 is 0. The monoisotopic (exact) mass is 359 g/mol. The zero-order valence-electron chi connectivity index (χ0n) is 14.2. The third-order valence-corrected chi connectivity index (χ3v) is 5.10. The number of nitrogens with zero attached hydrogens (tertiary/aromatic N) is 3. The maximum Gasteiger partial charge on any atom is 0.267 e. The number of halogens is 2. The molecule has 2 fully saturated rings. The highest BCUT2D eigenvalue weighted by atomic mass is 19.1. The minimum absolute atomic E-state index is 0.0664. The van der Waals surface area contributed by atoms with Crippen LogP contribution in [0.2, 0.25) is 0 Å². The SMILES string of the molecule is O=C(c1ccc(F)cc1F)N1CCC(n2nc(C3CC3)ccc2=O)CC1. The molecular formula is C19H19F2N3O2. The molecule has 7 heteroatoms.